The molecule has 0 radical (unpaired) electrons. The van der Waals surface area contributed by atoms with Crippen molar-refractivity contribution in [3.8, 4) is 0 Å². The van der Waals surface area contributed by atoms with Crippen molar-refractivity contribution in [2.24, 2.45) is 17.6 Å². The van der Waals surface area contributed by atoms with Crippen molar-refractivity contribution in [3.05, 3.63) is 5.53 Å². The van der Waals surface area contributed by atoms with Crippen LogP contribution < -0.4 is 27.0 Å². The normalized spacial score (nSPS) is 16.6. The Balaban J connectivity index is 5.98. The second-order valence-electron chi connectivity index (χ2n) is 10.7. The number of aliphatic hydroxyl groups is 5. The Morgan fingerprint density at radius 3 is 1.73 bits per heavy atom. The van der Waals surface area contributed by atoms with Gasteiger partial charge in [-0.2, -0.15) is 0 Å². The van der Waals surface area contributed by atoms with Gasteiger partial charge in [-0.05, 0) is 25.2 Å². The Labute approximate surface area is 252 Å². The predicted molar refractivity (Wildman–Crippen MR) is 149 cm³/mol. The number of amides is 4. The van der Waals surface area contributed by atoms with Gasteiger partial charge in [0.1, 0.15) is 36.4 Å². The molecule has 0 heterocycles. The van der Waals surface area contributed by atoms with E-state index in [1.54, 1.807) is 0 Å². The molecule has 0 fully saturated rings. The Hall–Kier alpha value is -4.00. The first-order chi connectivity index (χ1) is 20.3. The van der Waals surface area contributed by atoms with E-state index in [9.17, 15) is 54.7 Å². The van der Waals surface area contributed by atoms with Crippen molar-refractivity contribution in [2.45, 2.75) is 96.0 Å². The first-order valence-electron chi connectivity index (χ1n) is 13.6. The second-order valence-corrected chi connectivity index (χ2v) is 10.7. The monoisotopic (exact) mass is 633 g/mol. The molecular formula is C25H43N7O12. The van der Waals surface area contributed by atoms with E-state index in [1.807, 2.05) is 0 Å². The molecule has 19 nitrogen and oxygen atoms in total. The maximum absolute atomic E-state index is 13.3. The molecule has 0 aromatic heterocycles. The Kier molecular flexibility index (Phi) is 16.9. The van der Waals surface area contributed by atoms with Crippen LogP contribution in [-0.2, 0) is 28.8 Å². The molecule has 0 spiro atoms. The maximum atomic E-state index is 13.3. The van der Waals surface area contributed by atoms with E-state index >= 15 is 0 Å². The largest absolute Gasteiger partial charge is 0.497 e. The van der Waals surface area contributed by atoms with E-state index in [0.717, 1.165) is 0 Å². The number of Topliss-reactive ketones (excluding diaryl/α,β-unsaturated/α-hetero) is 1. The number of nitrogens with two attached hydrogens (primary N) is 1. The molecule has 4 amide bonds. The number of aliphatic hydroxyl groups excluding tert-OH is 5. The second kappa shape index (κ2) is 18.6. The molecule has 44 heavy (non-hydrogen) atoms. The standard InChI is InChI=1S/C25H43N7O12/c1-9(2)15(18(37)21(32-27)28-11(5)25(43)44)30-23(41)16(10(3)4)31-22(40)12(6-7-14(26)35)29-24(42)20(39)19(38)17(36)13(34)8-33/h9-13,15-17,19-20,28,33-34,36,38-39H,6-8H2,1-5H3,(H2,26,35)(H,29,42)(H,30,41)(H,31,40)(H,43,44)/t11-,12-,13+,15-,16-,17+,19-,20+/m0/s1. The summed E-state index contributed by atoms with van der Waals surface area (Å²) in [6.45, 7) is 6.29. The molecule has 19 heteroatoms. The summed E-state index contributed by atoms with van der Waals surface area (Å²) in [6.07, 6.45) is -9.64. The molecule has 0 aromatic rings. The van der Waals surface area contributed by atoms with Gasteiger partial charge in [-0.15, -0.1) is 0 Å². The van der Waals surface area contributed by atoms with Crippen molar-refractivity contribution < 1.29 is 64.2 Å². The summed E-state index contributed by atoms with van der Waals surface area (Å²) in [5, 5.41) is 66.4. The minimum atomic E-state index is -2.41. The molecule has 12 N–H and O–H groups in total. The van der Waals surface area contributed by atoms with E-state index in [2.05, 4.69) is 26.1 Å². The third-order valence-electron chi connectivity index (χ3n) is 6.39. The van der Waals surface area contributed by atoms with Gasteiger partial charge < -0.3 is 62.6 Å². The van der Waals surface area contributed by atoms with Gasteiger partial charge in [0, 0.05) is 6.42 Å². The van der Waals surface area contributed by atoms with Gasteiger partial charge in [0.15, 0.2) is 12.1 Å². The summed E-state index contributed by atoms with van der Waals surface area (Å²) in [7, 11) is 0. The Bertz CT molecular complexity index is 1100. The zero-order valence-corrected chi connectivity index (χ0v) is 25.0. The number of carboxylic acids is 1. The fraction of sp³-hybridized carbons (Fsp3) is 0.720. The maximum Gasteiger partial charge on any atom is 0.399 e. The molecule has 8 atom stereocenters. The number of carboxylic acid groups (broad SMARTS) is 1. The van der Waals surface area contributed by atoms with Crippen LogP contribution in [0.15, 0.2) is 0 Å². The van der Waals surface area contributed by atoms with Gasteiger partial charge in [0.05, 0.1) is 6.61 Å². The van der Waals surface area contributed by atoms with E-state index in [1.165, 1.54) is 34.6 Å². The average molecular weight is 634 g/mol. The van der Waals surface area contributed by atoms with Crippen LogP contribution in [0.1, 0.15) is 47.5 Å². The van der Waals surface area contributed by atoms with Crippen LogP contribution in [0.5, 0.6) is 0 Å². The number of nitrogens with zero attached hydrogens (tertiary/aromatic N) is 2. The number of aliphatic carboxylic acids is 1. The number of nitrogens with one attached hydrogen (secondary N) is 4. The van der Waals surface area contributed by atoms with E-state index in [4.69, 9.17) is 15.9 Å². The highest BCUT2D eigenvalue weighted by atomic mass is 16.4. The van der Waals surface area contributed by atoms with Crippen LogP contribution in [-0.4, -0.2) is 132 Å². The first-order valence-corrected chi connectivity index (χ1v) is 13.6. The molecule has 0 rings (SSSR count). The highest BCUT2D eigenvalue weighted by Crippen LogP contribution is 2.10. The summed E-state index contributed by atoms with van der Waals surface area (Å²) in [4.78, 5) is 77.3. The first kappa shape index (κ1) is 40.0. The van der Waals surface area contributed by atoms with Crippen LogP contribution in [0.4, 0.5) is 0 Å². The third-order valence-corrected chi connectivity index (χ3v) is 6.39. The van der Waals surface area contributed by atoms with E-state index in [-0.39, 0.29) is 0 Å². The Morgan fingerprint density at radius 2 is 1.30 bits per heavy atom. The van der Waals surface area contributed by atoms with Crippen LogP contribution in [0.3, 0.4) is 0 Å². The molecule has 0 aliphatic rings. The van der Waals surface area contributed by atoms with Crippen molar-refractivity contribution in [1.29, 1.82) is 0 Å². The lowest BCUT2D eigenvalue weighted by molar-refractivity contribution is -0.151. The molecule has 0 saturated carbocycles. The van der Waals surface area contributed by atoms with E-state index < -0.39 is 121 Å². The highest BCUT2D eigenvalue weighted by Gasteiger charge is 2.39. The summed E-state index contributed by atoms with van der Waals surface area (Å²) in [5.41, 5.74) is 14.4. The van der Waals surface area contributed by atoms with Crippen LogP contribution in [0.2, 0.25) is 0 Å². The van der Waals surface area contributed by atoms with Gasteiger partial charge in [-0.1, -0.05) is 27.7 Å². The number of carbonyl (C=O) groups excluding carboxylic acids is 5. The highest BCUT2D eigenvalue weighted by molar-refractivity contribution is 6.39. The van der Waals surface area contributed by atoms with Gasteiger partial charge in [0.25, 0.3) is 11.7 Å². The quantitative estimate of drug-likeness (QED) is 0.0274. The average Bonchev–Trinajstić information content (AvgIpc) is 2.96. The molecule has 0 aliphatic heterocycles. The fourth-order valence-corrected chi connectivity index (χ4v) is 3.62. The van der Waals surface area contributed by atoms with Gasteiger partial charge in [0.2, 0.25) is 17.7 Å². The lowest BCUT2D eigenvalue weighted by Gasteiger charge is -2.29. The van der Waals surface area contributed by atoms with Crippen LogP contribution >= 0.6 is 0 Å². The smallest absolute Gasteiger partial charge is 0.399 e. The molecule has 0 bridgehead atoms. The molecule has 0 unspecified atom stereocenters. The summed E-state index contributed by atoms with van der Waals surface area (Å²) in [5.74, 6) is -8.57. The van der Waals surface area contributed by atoms with E-state index in [0.29, 0.717) is 0 Å². The third kappa shape index (κ3) is 12.3. The summed E-state index contributed by atoms with van der Waals surface area (Å²) >= 11 is 0. The van der Waals surface area contributed by atoms with Crippen molar-refractivity contribution in [3.63, 3.8) is 0 Å². The number of ketones is 1. The predicted octanol–water partition coefficient (Wildman–Crippen LogP) is -5.29. The lowest BCUT2D eigenvalue weighted by atomic mass is 9.96. The molecule has 0 saturated heterocycles. The van der Waals surface area contributed by atoms with Crippen LogP contribution in [0.25, 0.3) is 5.53 Å². The fourth-order valence-electron chi connectivity index (χ4n) is 3.62. The number of hydrogen-bond donors (Lipinski definition) is 11. The lowest BCUT2D eigenvalue weighted by Crippen LogP contribution is -2.60. The number of primary amides is 1. The number of hydrogen-bond acceptors (Lipinski definition) is 11. The zero-order chi connectivity index (χ0) is 34.5. The number of amidine groups is 1. The molecule has 0 aromatic carbocycles. The van der Waals surface area contributed by atoms with Crippen LogP contribution in [0, 0.1) is 11.8 Å². The Morgan fingerprint density at radius 1 is 0.773 bits per heavy atom. The minimum Gasteiger partial charge on any atom is -0.497 e. The molecule has 0 aliphatic carbocycles. The zero-order valence-electron chi connectivity index (χ0n) is 25.0. The molecule has 250 valence electrons. The van der Waals surface area contributed by atoms with Crippen molar-refractivity contribution >= 4 is 41.2 Å². The van der Waals surface area contributed by atoms with Gasteiger partial charge in [-0.25, -0.2) is 10.1 Å². The van der Waals surface area contributed by atoms with Crippen molar-refractivity contribution in [2.75, 3.05) is 6.61 Å². The summed E-state index contributed by atoms with van der Waals surface area (Å²) in [6, 6.07) is -5.68. The number of rotatable bonds is 19. The minimum absolute atomic E-state index is 0.430. The molecular weight excluding hydrogens is 590 g/mol. The van der Waals surface area contributed by atoms with Gasteiger partial charge in [-0.3, -0.25) is 24.0 Å². The summed E-state index contributed by atoms with van der Waals surface area (Å²) < 4.78 is 0. The van der Waals surface area contributed by atoms with Gasteiger partial charge >= 0.3 is 11.8 Å². The van der Waals surface area contributed by atoms with Crippen molar-refractivity contribution in [1.82, 2.24) is 21.3 Å². The number of carbonyl (C=O) groups is 6. The topological polar surface area (TPSA) is 334 Å². The SMILES string of the molecule is CC(C)[C@H](NC(=O)[C@H](CCC(N)=O)NC(=O)[C@H](O)[C@@H](O)[C@H](O)[C@H](O)CO)C(=O)N[C@H](C(=O)C(=[N+]=[N-])N[C@@H](C)C(=O)O)C(C)C.